The van der Waals surface area contributed by atoms with Crippen molar-refractivity contribution < 1.29 is 24.3 Å². The number of hydrogen-bond donors (Lipinski definition) is 3. The summed E-state index contributed by atoms with van der Waals surface area (Å²) in [7, 11) is 1.78. The third-order valence-corrected chi connectivity index (χ3v) is 4.79. The lowest BCUT2D eigenvalue weighted by atomic mass is 10.0. The molecule has 0 saturated carbocycles. The number of piperidine rings is 1. The van der Waals surface area contributed by atoms with E-state index in [1.54, 1.807) is 30.1 Å². The fourth-order valence-electron chi connectivity index (χ4n) is 3.51. The number of nitrogens with two attached hydrogens (primary N) is 1. The molecule has 2 aliphatic rings. The molecule has 0 aliphatic carbocycles. The van der Waals surface area contributed by atoms with Crippen LogP contribution in [0, 0.1) is 0 Å². The molecule has 1 fully saturated rings. The molecule has 2 atom stereocenters. The van der Waals surface area contributed by atoms with Crippen LogP contribution in [0.2, 0.25) is 0 Å². The van der Waals surface area contributed by atoms with Gasteiger partial charge in [0.25, 0.3) is 11.8 Å². The van der Waals surface area contributed by atoms with E-state index in [0.29, 0.717) is 18.7 Å². The molecule has 1 aromatic rings. The molecule has 0 spiro atoms. The highest BCUT2D eigenvalue weighted by atomic mass is 16.3. The summed E-state index contributed by atoms with van der Waals surface area (Å²) < 4.78 is 0. The van der Waals surface area contributed by atoms with Crippen molar-refractivity contribution in [2.24, 2.45) is 5.73 Å². The number of carbonyl (C=O) groups is 4. The Hall–Kier alpha value is -2.62. The Bertz CT molecular complexity index is 809. The molecule has 9 heteroatoms. The van der Waals surface area contributed by atoms with Crippen LogP contribution in [0.1, 0.15) is 39.1 Å². The number of aliphatic hydroxyl groups is 1. The number of aliphatic hydroxyl groups excluding tert-OH is 1. The van der Waals surface area contributed by atoms with Crippen LogP contribution in [0.15, 0.2) is 18.2 Å². The molecular formula is C18H22N4O5. The van der Waals surface area contributed by atoms with Crippen molar-refractivity contribution >= 4 is 23.6 Å². The van der Waals surface area contributed by atoms with Crippen LogP contribution in [0.4, 0.5) is 0 Å². The van der Waals surface area contributed by atoms with Crippen molar-refractivity contribution in [2.45, 2.75) is 31.5 Å². The molecule has 4 amide bonds. The van der Waals surface area contributed by atoms with Gasteiger partial charge in [0.05, 0.1) is 17.2 Å². The van der Waals surface area contributed by atoms with Crippen LogP contribution in [0.5, 0.6) is 0 Å². The molecule has 1 saturated heterocycles. The number of rotatable bonds is 6. The van der Waals surface area contributed by atoms with E-state index in [4.69, 9.17) is 5.73 Å². The van der Waals surface area contributed by atoms with E-state index < -0.39 is 35.8 Å². The average molecular weight is 374 g/mol. The van der Waals surface area contributed by atoms with Crippen molar-refractivity contribution in [2.75, 3.05) is 20.1 Å². The van der Waals surface area contributed by atoms with Crippen molar-refractivity contribution in [3.05, 3.63) is 34.9 Å². The molecule has 0 radical (unpaired) electrons. The van der Waals surface area contributed by atoms with E-state index in [2.05, 4.69) is 5.32 Å². The highest BCUT2D eigenvalue weighted by Gasteiger charge is 2.45. The molecule has 4 N–H and O–H groups in total. The zero-order valence-corrected chi connectivity index (χ0v) is 15.0. The number of nitrogens with zero attached hydrogens (tertiary/aromatic N) is 2. The second-order valence-electron chi connectivity index (χ2n) is 6.87. The molecular weight excluding hydrogens is 352 g/mol. The summed E-state index contributed by atoms with van der Waals surface area (Å²) in [6, 6.07) is 3.99. The Balaban J connectivity index is 1.86. The number of hydrogen-bond acceptors (Lipinski definition) is 7. The van der Waals surface area contributed by atoms with Crippen LogP contribution in [0.3, 0.4) is 0 Å². The minimum Gasteiger partial charge on any atom is -0.390 e. The fraction of sp³-hybridized carbons (Fsp3) is 0.444. The van der Waals surface area contributed by atoms with E-state index in [0.717, 1.165) is 4.90 Å². The van der Waals surface area contributed by atoms with Crippen molar-refractivity contribution in [3.63, 3.8) is 0 Å². The largest absolute Gasteiger partial charge is 0.390 e. The van der Waals surface area contributed by atoms with Crippen molar-refractivity contribution in [3.8, 4) is 0 Å². The van der Waals surface area contributed by atoms with Crippen LogP contribution in [-0.2, 0) is 16.1 Å². The molecule has 144 valence electrons. The predicted molar refractivity (Wildman–Crippen MR) is 94.5 cm³/mol. The molecule has 0 bridgehead atoms. The molecule has 27 heavy (non-hydrogen) atoms. The minimum atomic E-state index is -0.986. The van der Waals surface area contributed by atoms with Crippen LogP contribution in [0.25, 0.3) is 0 Å². The van der Waals surface area contributed by atoms with E-state index in [-0.39, 0.29) is 30.5 Å². The van der Waals surface area contributed by atoms with Gasteiger partial charge in [-0.3, -0.25) is 34.3 Å². The highest BCUT2D eigenvalue weighted by molar-refractivity contribution is 6.24. The normalized spacial score (nSPS) is 20.9. The Labute approximate surface area is 156 Å². The van der Waals surface area contributed by atoms with Crippen molar-refractivity contribution in [1.82, 2.24) is 15.1 Å². The summed E-state index contributed by atoms with van der Waals surface area (Å²) in [5.41, 5.74) is 6.57. The molecule has 2 aliphatic heterocycles. The highest BCUT2D eigenvalue weighted by Crippen LogP contribution is 2.30. The van der Waals surface area contributed by atoms with E-state index in [9.17, 15) is 24.3 Å². The Morgan fingerprint density at radius 1 is 1.30 bits per heavy atom. The first kappa shape index (κ1) is 19.2. The zero-order valence-electron chi connectivity index (χ0n) is 15.0. The topological polar surface area (TPSA) is 133 Å². The number of amides is 4. The summed E-state index contributed by atoms with van der Waals surface area (Å²) in [6.07, 6.45) is -0.492. The average Bonchev–Trinajstić information content (AvgIpc) is 2.87. The molecule has 2 unspecified atom stereocenters. The number of benzene rings is 1. The van der Waals surface area contributed by atoms with Crippen LogP contribution >= 0.6 is 0 Å². The minimum absolute atomic E-state index is 0.0797. The molecule has 9 nitrogen and oxygen atoms in total. The molecule has 1 aromatic carbocycles. The fourth-order valence-corrected chi connectivity index (χ4v) is 3.51. The summed E-state index contributed by atoms with van der Waals surface area (Å²) in [5.74, 6) is -2.11. The number of carbonyl (C=O) groups excluding carboxylic acids is 4. The van der Waals surface area contributed by atoms with Gasteiger partial charge in [-0.05, 0) is 25.1 Å². The molecule has 2 heterocycles. The van der Waals surface area contributed by atoms with Gasteiger partial charge in [0, 0.05) is 26.1 Å². The second kappa shape index (κ2) is 7.55. The number of likely N-dealkylation sites (N-methyl/N-ethyl adjacent to an activating group) is 1. The Morgan fingerprint density at radius 2 is 2.04 bits per heavy atom. The van der Waals surface area contributed by atoms with Crippen LogP contribution < -0.4 is 11.1 Å². The third kappa shape index (κ3) is 3.61. The van der Waals surface area contributed by atoms with Crippen molar-refractivity contribution in [1.29, 1.82) is 0 Å². The number of nitrogens with one attached hydrogen (secondary N) is 1. The quantitative estimate of drug-likeness (QED) is 0.535. The maximum absolute atomic E-state index is 13.0. The lowest BCUT2D eigenvalue weighted by molar-refractivity contribution is -0.136. The lowest BCUT2D eigenvalue weighted by Crippen LogP contribution is -2.54. The smallest absolute Gasteiger partial charge is 0.262 e. The monoisotopic (exact) mass is 374 g/mol. The maximum Gasteiger partial charge on any atom is 0.262 e. The lowest BCUT2D eigenvalue weighted by Gasteiger charge is -2.28. The number of imide groups is 2. The maximum atomic E-state index is 13.0. The first-order valence-electron chi connectivity index (χ1n) is 8.73. The second-order valence-corrected chi connectivity index (χ2v) is 6.87. The van der Waals surface area contributed by atoms with Gasteiger partial charge in [0.2, 0.25) is 11.8 Å². The zero-order chi connectivity index (χ0) is 19.7. The molecule has 3 rings (SSSR count). The van der Waals surface area contributed by atoms with E-state index in [1.807, 2.05) is 0 Å². The van der Waals surface area contributed by atoms with Gasteiger partial charge in [-0.1, -0.05) is 12.1 Å². The number of fused-ring (bicyclic) bond motifs is 1. The SMILES string of the molecule is CN(Cc1cccc2c1C(=O)N(C1CCC(=O)NC1=O)C2=O)CC(O)CN. The van der Waals surface area contributed by atoms with E-state index in [1.165, 1.54) is 0 Å². The first-order chi connectivity index (χ1) is 12.8. The summed E-state index contributed by atoms with van der Waals surface area (Å²) in [4.78, 5) is 52.0. The summed E-state index contributed by atoms with van der Waals surface area (Å²) in [5, 5.41) is 11.9. The van der Waals surface area contributed by atoms with Gasteiger partial charge in [-0.25, -0.2) is 0 Å². The van der Waals surface area contributed by atoms with Gasteiger partial charge < -0.3 is 10.8 Å². The van der Waals surface area contributed by atoms with Gasteiger partial charge in [-0.2, -0.15) is 0 Å². The Kier molecular flexibility index (Phi) is 5.36. The predicted octanol–water partition coefficient (Wildman–Crippen LogP) is -1.16. The summed E-state index contributed by atoms with van der Waals surface area (Å²) >= 11 is 0. The van der Waals surface area contributed by atoms with E-state index >= 15 is 0 Å². The standard InChI is InChI=1S/C18H22N4O5/c1-21(9-11(23)7-19)8-10-3-2-4-12-15(10)18(27)22(17(12)26)13-5-6-14(24)20-16(13)25/h2-4,11,13,23H,5-9,19H2,1H3,(H,20,24,25). The first-order valence-corrected chi connectivity index (χ1v) is 8.73. The molecule has 0 aromatic heterocycles. The summed E-state index contributed by atoms with van der Waals surface area (Å²) in [6.45, 7) is 0.777. The van der Waals surface area contributed by atoms with Gasteiger partial charge in [-0.15, -0.1) is 0 Å². The van der Waals surface area contributed by atoms with Gasteiger partial charge in [0.15, 0.2) is 0 Å². The van der Waals surface area contributed by atoms with Crippen LogP contribution in [-0.4, -0.2) is 70.8 Å². The van der Waals surface area contributed by atoms with Gasteiger partial charge in [0.1, 0.15) is 6.04 Å². The van der Waals surface area contributed by atoms with Gasteiger partial charge >= 0.3 is 0 Å². The third-order valence-electron chi connectivity index (χ3n) is 4.79. The Morgan fingerprint density at radius 3 is 2.70 bits per heavy atom.